The van der Waals surface area contributed by atoms with Crippen LogP contribution in [0.1, 0.15) is 24.1 Å². The highest BCUT2D eigenvalue weighted by atomic mass is 32.2. The molecule has 2 aliphatic heterocycles. The molecule has 2 aliphatic rings. The van der Waals surface area contributed by atoms with Gasteiger partial charge in [0.1, 0.15) is 4.21 Å². The second-order valence-corrected chi connectivity index (χ2v) is 9.71. The summed E-state index contributed by atoms with van der Waals surface area (Å²) in [4.78, 5) is 14.9. The van der Waals surface area contributed by atoms with Crippen molar-refractivity contribution in [1.29, 1.82) is 0 Å². The molecule has 6 nitrogen and oxygen atoms in total. The quantitative estimate of drug-likeness (QED) is 0.872. The first kappa shape index (κ1) is 16.9. The van der Waals surface area contributed by atoms with Crippen LogP contribution in [0.5, 0.6) is 0 Å². The lowest BCUT2D eigenvalue weighted by molar-refractivity contribution is -0.140. The summed E-state index contributed by atoms with van der Waals surface area (Å²) in [5.74, 6) is 0.366. The molecule has 2 fully saturated rings. The molecule has 0 bridgehead atoms. The van der Waals surface area contributed by atoms with E-state index < -0.39 is 10.0 Å². The summed E-state index contributed by atoms with van der Waals surface area (Å²) >= 11 is 1.32. The second kappa shape index (κ2) is 6.51. The molecule has 0 aliphatic carbocycles. The Morgan fingerprint density at radius 2 is 2.13 bits per heavy atom. The third-order valence-electron chi connectivity index (χ3n) is 4.79. The molecule has 1 aromatic rings. The van der Waals surface area contributed by atoms with E-state index in [1.54, 1.807) is 10.4 Å². The first-order valence-electron chi connectivity index (χ1n) is 7.99. The zero-order valence-corrected chi connectivity index (χ0v) is 14.9. The summed E-state index contributed by atoms with van der Waals surface area (Å²) in [7, 11) is -3.41. The van der Waals surface area contributed by atoms with E-state index in [2.05, 4.69) is 0 Å². The lowest BCUT2D eigenvalue weighted by Gasteiger charge is -2.46. The molecule has 1 amide bonds. The Balaban J connectivity index is 1.77. The van der Waals surface area contributed by atoms with Gasteiger partial charge in [-0.3, -0.25) is 4.79 Å². The number of nitrogens with two attached hydrogens (primary N) is 1. The van der Waals surface area contributed by atoms with Crippen molar-refractivity contribution in [1.82, 2.24) is 9.21 Å². The Labute approximate surface area is 141 Å². The third-order valence-corrected chi connectivity index (χ3v) is 8.12. The van der Waals surface area contributed by atoms with E-state index in [0.717, 1.165) is 11.3 Å². The van der Waals surface area contributed by atoms with Gasteiger partial charge in [0.2, 0.25) is 5.91 Å². The van der Waals surface area contributed by atoms with Crippen molar-refractivity contribution in [3.63, 3.8) is 0 Å². The molecule has 3 heterocycles. The number of piperidine rings is 2. The number of sulfonamides is 1. The minimum atomic E-state index is -3.41. The number of carbonyl (C=O) groups is 1. The van der Waals surface area contributed by atoms with Crippen LogP contribution < -0.4 is 5.73 Å². The summed E-state index contributed by atoms with van der Waals surface area (Å²) in [6.45, 7) is 3.89. The number of carbonyl (C=O) groups excluding carboxylic acids is 1. The third kappa shape index (κ3) is 3.17. The summed E-state index contributed by atoms with van der Waals surface area (Å²) in [5.41, 5.74) is 5.62. The van der Waals surface area contributed by atoms with E-state index in [1.165, 1.54) is 11.3 Å². The van der Waals surface area contributed by atoms with E-state index >= 15 is 0 Å². The van der Waals surface area contributed by atoms with Gasteiger partial charge in [0.05, 0.1) is 0 Å². The van der Waals surface area contributed by atoms with Gasteiger partial charge in [-0.1, -0.05) is 0 Å². The number of aryl methyl sites for hydroxylation is 1. The maximum absolute atomic E-state index is 12.8. The van der Waals surface area contributed by atoms with Crippen LogP contribution in [0.2, 0.25) is 0 Å². The monoisotopic (exact) mass is 357 g/mol. The Bertz CT molecular complexity index is 686. The van der Waals surface area contributed by atoms with E-state index in [-0.39, 0.29) is 17.9 Å². The maximum atomic E-state index is 12.8. The molecular formula is C15H23N3O3S2. The molecule has 2 atom stereocenters. The average Bonchev–Trinajstić information content (AvgIpc) is 2.97. The van der Waals surface area contributed by atoms with Crippen molar-refractivity contribution >= 4 is 27.3 Å². The summed E-state index contributed by atoms with van der Waals surface area (Å²) < 4.78 is 27.6. The second-order valence-electron chi connectivity index (χ2n) is 6.26. The molecule has 1 aromatic heterocycles. The summed E-state index contributed by atoms with van der Waals surface area (Å²) in [5, 5.41) is 0. The number of hydrogen-bond acceptors (Lipinski definition) is 5. The van der Waals surface area contributed by atoms with Gasteiger partial charge in [0, 0.05) is 43.5 Å². The molecule has 2 N–H and O–H groups in total. The zero-order valence-electron chi connectivity index (χ0n) is 13.3. The average molecular weight is 358 g/mol. The van der Waals surface area contributed by atoms with Gasteiger partial charge in [-0.2, -0.15) is 4.31 Å². The van der Waals surface area contributed by atoms with Gasteiger partial charge < -0.3 is 10.6 Å². The Morgan fingerprint density at radius 1 is 1.35 bits per heavy atom. The van der Waals surface area contributed by atoms with Crippen molar-refractivity contribution in [3.05, 3.63) is 17.0 Å². The molecule has 128 valence electrons. The van der Waals surface area contributed by atoms with Crippen LogP contribution in [-0.4, -0.2) is 55.8 Å². The molecule has 0 radical (unpaired) electrons. The first-order valence-corrected chi connectivity index (χ1v) is 10.3. The van der Waals surface area contributed by atoms with Gasteiger partial charge in [0.25, 0.3) is 10.0 Å². The molecule has 0 aromatic carbocycles. The SMILES string of the molecule is Cc1ccc(S(=O)(=O)N2CC[C@@H]3[C@@H](CCC(=O)N3CCN)C2)s1. The van der Waals surface area contributed by atoms with Gasteiger partial charge in [-0.05, 0) is 37.8 Å². The topological polar surface area (TPSA) is 83.7 Å². The van der Waals surface area contributed by atoms with E-state index in [4.69, 9.17) is 5.73 Å². The van der Waals surface area contributed by atoms with Crippen molar-refractivity contribution in [2.75, 3.05) is 26.2 Å². The minimum Gasteiger partial charge on any atom is -0.338 e. The number of likely N-dealkylation sites (tertiary alicyclic amines) is 1. The number of fused-ring (bicyclic) bond motifs is 1. The predicted molar refractivity (Wildman–Crippen MR) is 89.7 cm³/mol. The highest BCUT2D eigenvalue weighted by Gasteiger charge is 2.42. The fourth-order valence-electron chi connectivity index (χ4n) is 3.64. The molecule has 0 saturated carbocycles. The van der Waals surface area contributed by atoms with Crippen LogP contribution >= 0.6 is 11.3 Å². The number of rotatable bonds is 4. The number of thiophene rings is 1. The fourth-order valence-corrected chi connectivity index (χ4v) is 6.59. The lowest BCUT2D eigenvalue weighted by Crippen LogP contribution is -2.57. The van der Waals surface area contributed by atoms with Gasteiger partial charge in [-0.25, -0.2) is 8.42 Å². The van der Waals surface area contributed by atoms with Crippen LogP contribution in [0, 0.1) is 12.8 Å². The first-order chi connectivity index (χ1) is 10.9. The van der Waals surface area contributed by atoms with E-state index in [1.807, 2.05) is 17.9 Å². The maximum Gasteiger partial charge on any atom is 0.252 e. The van der Waals surface area contributed by atoms with Crippen molar-refractivity contribution in [2.24, 2.45) is 11.7 Å². The van der Waals surface area contributed by atoms with Crippen LogP contribution in [0.4, 0.5) is 0 Å². The normalized spacial score (nSPS) is 26.3. The Morgan fingerprint density at radius 3 is 2.78 bits per heavy atom. The van der Waals surface area contributed by atoms with E-state index in [9.17, 15) is 13.2 Å². The van der Waals surface area contributed by atoms with Crippen molar-refractivity contribution in [2.45, 2.75) is 36.4 Å². The van der Waals surface area contributed by atoms with E-state index in [0.29, 0.717) is 43.2 Å². The summed E-state index contributed by atoms with van der Waals surface area (Å²) in [6.07, 6.45) is 1.95. The van der Waals surface area contributed by atoms with Crippen molar-refractivity contribution < 1.29 is 13.2 Å². The molecular weight excluding hydrogens is 334 g/mol. The molecule has 0 spiro atoms. The molecule has 0 unspecified atom stereocenters. The standard InChI is InChI=1S/C15H23N3O3S2/c1-11-2-5-15(22-11)23(20,21)17-8-6-13-12(10-17)3-4-14(19)18(13)9-7-16/h2,5,12-13H,3-4,6-10,16H2,1H3/t12-,13+/m0/s1. The Kier molecular flexibility index (Phi) is 4.78. The summed E-state index contributed by atoms with van der Waals surface area (Å²) in [6, 6.07) is 3.66. The fraction of sp³-hybridized carbons (Fsp3) is 0.667. The van der Waals surface area contributed by atoms with Crippen LogP contribution in [0.3, 0.4) is 0 Å². The number of amides is 1. The Hall–Kier alpha value is -0.960. The molecule has 8 heteroatoms. The highest BCUT2D eigenvalue weighted by Crippen LogP contribution is 2.34. The highest BCUT2D eigenvalue weighted by molar-refractivity contribution is 7.91. The van der Waals surface area contributed by atoms with Crippen LogP contribution in [0.15, 0.2) is 16.3 Å². The minimum absolute atomic E-state index is 0.135. The predicted octanol–water partition coefficient (Wildman–Crippen LogP) is 1.02. The van der Waals surface area contributed by atoms with Gasteiger partial charge in [0.15, 0.2) is 0 Å². The smallest absolute Gasteiger partial charge is 0.252 e. The van der Waals surface area contributed by atoms with Crippen molar-refractivity contribution in [3.8, 4) is 0 Å². The molecule has 23 heavy (non-hydrogen) atoms. The van der Waals surface area contributed by atoms with Crippen LogP contribution in [-0.2, 0) is 14.8 Å². The zero-order chi connectivity index (χ0) is 16.6. The van der Waals surface area contributed by atoms with Gasteiger partial charge >= 0.3 is 0 Å². The number of hydrogen-bond donors (Lipinski definition) is 1. The number of nitrogens with zero attached hydrogens (tertiary/aromatic N) is 2. The lowest BCUT2D eigenvalue weighted by atomic mass is 9.84. The van der Waals surface area contributed by atoms with Gasteiger partial charge in [-0.15, -0.1) is 11.3 Å². The molecule has 2 saturated heterocycles. The molecule has 3 rings (SSSR count). The van der Waals surface area contributed by atoms with Crippen LogP contribution in [0.25, 0.3) is 0 Å². The largest absolute Gasteiger partial charge is 0.338 e.